The molecular formula is C14H21NO2S. The summed E-state index contributed by atoms with van der Waals surface area (Å²) in [7, 11) is 2.14. The molecule has 18 heavy (non-hydrogen) atoms. The first-order valence-corrected chi connectivity index (χ1v) is 7.08. The molecule has 3 nitrogen and oxygen atoms in total. The topological polar surface area (TPSA) is 40.5 Å². The van der Waals surface area contributed by atoms with Gasteiger partial charge in [0, 0.05) is 28.4 Å². The second-order valence-corrected chi connectivity index (χ2v) is 5.56. The van der Waals surface area contributed by atoms with Gasteiger partial charge in [-0.25, -0.2) is 4.79 Å². The zero-order valence-electron chi connectivity index (χ0n) is 11.2. The number of hydrogen-bond acceptors (Lipinski definition) is 3. The highest BCUT2D eigenvalue weighted by Gasteiger charge is 2.11. The molecule has 0 saturated heterocycles. The van der Waals surface area contributed by atoms with Crippen LogP contribution in [-0.2, 0) is 11.3 Å². The van der Waals surface area contributed by atoms with Gasteiger partial charge in [0.25, 0.3) is 0 Å². The van der Waals surface area contributed by atoms with Crippen molar-refractivity contribution in [2.24, 2.45) is 0 Å². The summed E-state index contributed by atoms with van der Waals surface area (Å²) in [4.78, 5) is 15.1. The fourth-order valence-corrected chi connectivity index (χ4v) is 2.99. The van der Waals surface area contributed by atoms with Crippen LogP contribution in [0.5, 0.6) is 0 Å². The van der Waals surface area contributed by atoms with E-state index in [2.05, 4.69) is 31.9 Å². The summed E-state index contributed by atoms with van der Waals surface area (Å²) in [5, 5.41) is 8.57. The van der Waals surface area contributed by atoms with Crippen molar-refractivity contribution in [1.82, 2.24) is 4.90 Å². The van der Waals surface area contributed by atoms with Gasteiger partial charge in [-0.1, -0.05) is 13.8 Å². The highest BCUT2D eigenvalue weighted by molar-refractivity contribution is 7.12. The average molecular weight is 267 g/mol. The van der Waals surface area contributed by atoms with Crippen LogP contribution in [0.1, 0.15) is 36.4 Å². The van der Waals surface area contributed by atoms with Crippen LogP contribution in [0.4, 0.5) is 0 Å². The largest absolute Gasteiger partial charge is 0.478 e. The number of thiophene rings is 1. The molecule has 0 bridgehead atoms. The van der Waals surface area contributed by atoms with E-state index in [0.29, 0.717) is 6.04 Å². The quantitative estimate of drug-likeness (QED) is 0.769. The summed E-state index contributed by atoms with van der Waals surface area (Å²) in [5.74, 6) is -0.904. The standard InChI is InChI=1S/C14H21NO2S/c1-4-11(5-2)15(3)10-13-7-6-12(18-13)8-9-14(16)17/h6-9,11H,4-5,10H2,1-3H3,(H,16,17). The number of carboxylic acid groups (broad SMARTS) is 1. The molecule has 1 N–H and O–H groups in total. The summed E-state index contributed by atoms with van der Waals surface area (Å²) < 4.78 is 0. The maximum absolute atomic E-state index is 10.4. The lowest BCUT2D eigenvalue weighted by Crippen LogP contribution is -2.29. The zero-order chi connectivity index (χ0) is 13.5. The Morgan fingerprint density at radius 3 is 2.67 bits per heavy atom. The normalized spacial score (nSPS) is 11.8. The average Bonchev–Trinajstić information content (AvgIpc) is 2.75. The molecule has 0 atom stereocenters. The van der Waals surface area contributed by atoms with Crippen molar-refractivity contribution in [3.63, 3.8) is 0 Å². The van der Waals surface area contributed by atoms with Crippen LogP contribution in [0.15, 0.2) is 18.2 Å². The van der Waals surface area contributed by atoms with Crippen LogP contribution in [0, 0.1) is 0 Å². The first-order valence-electron chi connectivity index (χ1n) is 6.26. The predicted octanol–water partition coefficient (Wildman–Crippen LogP) is 3.47. The van der Waals surface area contributed by atoms with Gasteiger partial charge in [0.15, 0.2) is 0 Å². The number of rotatable bonds is 7. The van der Waals surface area contributed by atoms with Crippen molar-refractivity contribution in [1.29, 1.82) is 0 Å². The Morgan fingerprint density at radius 1 is 1.44 bits per heavy atom. The Morgan fingerprint density at radius 2 is 2.11 bits per heavy atom. The molecule has 1 rings (SSSR count). The van der Waals surface area contributed by atoms with Crippen LogP contribution < -0.4 is 0 Å². The summed E-state index contributed by atoms with van der Waals surface area (Å²) in [6, 6.07) is 4.66. The Balaban J connectivity index is 2.61. The molecule has 1 aromatic rings. The van der Waals surface area contributed by atoms with Gasteiger partial charge in [-0.2, -0.15) is 0 Å². The molecule has 100 valence electrons. The minimum absolute atomic E-state index is 0.616. The second kappa shape index (κ2) is 7.34. The molecular weight excluding hydrogens is 246 g/mol. The Kier molecular flexibility index (Phi) is 6.09. The van der Waals surface area contributed by atoms with Crippen molar-refractivity contribution in [2.45, 2.75) is 39.3 Å². The second-order valence-electron chi connectivity index (χ2n) is 4.36. The maximum atomic E-state index is 10.4. The molecule has 0 saturated carbocycles. The maximum Gasteiger partial charge on any atom is 0.328 e. The first kappa shape index (κ1) is 14.9. The van der Waals surface area contributed by atoms with Crippen LogP contribution in [0.3, 0.4) is 0 Å². The van der Waals surface area contributed by atoms with Crippen molar-refractivity contribution in [3.8, 4) is 0 Å². The molecule has 1 aromatic heterocycles. The summed E-state index contributed by atoms with van der Waals surface area (Å²) in [5.41, 5.74) is 0. The predicted molar refractivity (Wildman–Crippen MR) is 76.8 cm³/mol. The Hall–Kier alpha value is -1.13. The Labute approximate surface area is 113 Å². The fourth-order valence-electron chi connectivity index (χ4n) is 2.01. The third kappa shape index (κ3) is 4.63. The van der Waals surface area contributed by atoms with Crippen LogP contribution in [0.2, 0.25) is 0 Å². The lowest BCUT2D eigenvalue weighted by atomic mass is 10.1. The van der Waals surface area contributed by atoms with Gasteiger partial charge in [-0.15, -0.1) is 11.3 Å². The summed E-state index contributed by atoms with van der Waals surface area (Å²) >= 11 is 1.65. The van der Waals surface area contributed by atoms with Crippen molar-refractivity contribution in [2.75, 3.05) is 7.05 Å². The minimum Gasteiger partial charge on any atom is -0.478 e. The van der Waals surface area contributed by atoms with E-state index in [4.69, 9.17) is 5.11 Å². The molecule has 0 aliphatic rings. The number of aliphatic carboxylic acids is 1. The van der Waals surface area contributed by atoms with E-state index in [1.807, 2.05) is 6.07 Å². The molecule has 0 fully saturated rings. The third-order valence-corrected chi connectivity index (χ3v) is 4.08. The van der Waals surface area contributed by atoms with E-state index in [9.17, 15) is 4.79 Å². The minimum atomic E-state index is -0.904. The molecule has 1 heterocycles. The number of hydrogen-bond donors (Lipinski definition) is 1. The number of nitrogens with zero attached hydrogens (tertiary/aromatic N) is 1. The van der Waals surface area contributed by atoms with E-state index in [0.717, 1.165) is 24.3 Å². The van der Waals surface area contributed by atoms with Gasteiger partial charge in [0.1, 0.15) is 0 Å². The summed E-state index contributed by atoms with van der Waals surface area (Å²) in [6.07, 6.45) is 5.14. The van der Waals surface area contributed by atoms with E-state index in [-0.39, 0.29) is 0 Å². The molecule has 0 unspecified atom stereocenters. The van der Waals surface area contributed by atoms with Gasteiger partial charge >= 0.3 is 5.97 Å². The highest BCUT2D eigenvalue weighted by atomic mass is 32.1. The third-order valence-electron chi connectivity index (χ3n) is 3.04. The Bertz CT molecular complexity index is 408. The molecule has 0 aliphatic heterocycles. The van der Waals surface area contributed by atoms with E-state index < -0.39 is 5.97 Å². The van der Waals surface area contributed by atoms with Crippen LogP contribution in [-0.4, -0.2) is 29.1 Å². The van der Waals surface area contributed by atoms with Gasteiger partial charge in [-0.3, -0.25) is 4.90 Å². The van der Waals surface area contributed by atoms with Gasteiger partial charge in [0.2, 0.25) is 0 Å². The lowest BCUT2D eigenvalue weighted by Gasteiger charge is -2.25. The molecule has 0 aromatic carbocycles. The van der Waals surface area contributed by atoms with Gasteiger partial charge in [-0.05, 0) is 38.1 Å². The molecule has 0 aliphatic carbocycles. The fraction of sp³-hybridized carbons (Fsp3) is 0.500. The zero-order valence-corrected chi connectivity index (χ0v) is 12.0. The van der Waals surface area contributed by atoms with Gasteiger partial charge in [0.05, 0.1) is 0 Å². The molecule has 0 amide bonds. The highest BCUT2D eigenvalue weighted by Crippen LogP contribution is 2.21. The number of carbonyl (C=O) groups is 1. The molecule has 4 heteroatoms. The van der Waals surface area contributed by atoms with Crippen molar-refractivity contribution >= 4 is 23.4 Å². The number of carboxylic acids is 1. The van der Waals surface area contributed by atoms with E-state index >= 15 is 0 Å². The monoisotopic (exact) mass is 267 g/mol. The molecule has 0 radical (unpaired) electrons. The first-order chi connectivity index (χ1) is 8.56. The van der Waals surface area contributed by atoms with Crippen LogP contribution >= 0.6 is 11.3 Å². The summed E-state index contributed by atoms with van der Waals surface area (Å²) in [6.45, 7) is 5.35. The van der Waals surface area contributed by atoms with Gasteiger partial charge < -0.3 is 5.11 Å². The van der Waals surface area contributed by atoms with E-state index in [1.54, 1.807) is 17.4 Å². The smallest absolute Gasteiger partial charge is 0.328 e. The lowest BCUT2D eigenvalue weighted by molar-refractivity contribution is -0.131. The van der Waals surface area contributed by atoms with Crippen molar-refractivity contribution < 1.29 is 9.90 Å². The molecule has 0 spiro atoms. The van der Waals surface area contributed by atoms with Crippen molar-refractivity contribution in [3.05, 3.63) is 28.0 Å². The SMILES string of the molecule is CCC(CC)N(C)Cc1ccc(C=CC(=O)O)s1. The van der Waals surface area contributed by atoms with Crippen LogP contribution in [0.25, 0.3) is 6.08 Å². The van der Waals surface area contributed by atoms with E-state index in [1.165, 1.54) is 11.0 Å².